The van der Waals surface area contributed by atoms with Gasteiger partial charge < -0.3 is 24.6 Å². The number of carboxylic acid groups (broad SMARTS) is 1. The molecule has 0 aromatic heterocycles. The maximum atomic E-state index is 13.3. The molecule has 0 bridgehead atoms. The van der Waals surface area contributed by atoms with E-state index < -0.39 is 48.2 Å². The first-order valence-electron chi connectivity index (χ1n) is 17.5. The second-order valence-electron chi connectivity index (χ2n) is 11.6. The van der Waals surface area contributed by atoms with E-state index in [-0.39, 0.29) is 41.9 Å². The normalized spacial score (nSPS) is 13.7. The Balaban J connectivity index is 1.87. The van der Waals surface area contributed by atoms with E-state index in [9.17, 15) is 33.9 Å². The van der Waals surface area contributed by atoms with Crippen LogP contribution in [-0.4, -0.2) is 46.9 Å². The molecule has 1 aliphatic rings. The summed E-state index contributed by atoms with van der Waals surface area (Å²) < 4.78 is 15.5. The number of hydrogen-bond donors (Lipinski definition) is 2. The SMILES string of the molecule is CC/C=C\C/C=C\C/C=C\C/C=C\C/C=C\CCCC(=O)OC(=O)C(CCC(=O)O)NC(=O)C1=C(OC(=O)c2ccccc2OC(C)=O)C=CCC1. The van der Waals surface area contributed by atoms with E-state index in [4.69, 9.17) is 14.2 Å². The lowest BCUT2D eigenvalue weighted by Crippen LogP contribution is -2.43. The standard InChI is InChI=1S/C41H49NO10/c1-3-4-5-6-7-8-9-10-11-12-13-14-15-16-17-18-19-28-38(46)52-41(49)34(29-30-37(44)45)42-39(47)32-24-20-22-26-35(32)51-40(48)33-25-21-23-27-36(33)50-31(2)43/h4-5,7-8,10-11,13-14,16-17,21-23,25-27,34H,3,6,9,12,15,18-20,24,28-30H2,1-2H3,(H,42,47)(H,44,45)/b5-4-,8-7-,11-10-,14-13-,17-16-. The zero-order valence-corrected chi connectivity index (χ0v) is 29.9. The topological polar surface area (TPSA) is 162 Å². The number of esters is 4. The van der Waals surface area contributed by atoms with Gasteiger partial charge in [-0.15, -0.1) is 0 Å². The van der Waals surface area contributed by atoms with Gasteiger partial charge in [-0.2, -0.15) is 0 Å². The van der Waals surface area contributed by atoms with Crippen molar-refractivity contribution >= 4 is 35.8 Å². The first-order chi connectivity index (χ1) is 25.1. The molecule has 2 rings (SSSR count). The smallest absolute Gasteiger partial charge is 0.347 e. The first kappa shape index (κ1) is 42.6. The number of aliphatic carboxylic acids is 1. The fourth-order valence-electron chi connectivity index (χ4n) is 4.73. The Kier molecular flexibility index (Phi) is 20.8. The van der Waals surface area contributed by atoms with Crippen LogP contribution in [0.15, 0.2) is 109 Å². The average Bonchev–Trinajstić information content (AvgIpc) is 3.11. The van der Waals surface area contributed by atoms with Crippen LogP contribution in [0.2, 0.25) is 0 Å². The number of nitrogens with one attached hydrogen (secondary N) is 1. The Hall–Kier alpha value is -5.58. The van der Waals surface area contributed by atoms with Crippen LogP contribution >= 0.6 is 0 Å². The van der Waals surface area contributed by atoms with Crippen molar-refractivity contribution in [2.45, 2.75) is 96.9 Å². The third-order valence-corrected chi connectivity index (χ3v) is 7.33. The van der Waals surface area contributed by atoms with Gasteiger partial charge in [0.25, 0.3) is 5.91 Å². The van der Waals surface area contributed by atoms with E-state index in [1.807, 2.05) is 12.2 Å². The number of ether oxygens (including phenoxy) is 3. The zero-order valence-electron chi connectivity index (χ0n) is 29.9. The molecule has 0 spiro atoms. The minimum absolute atomic E-state index is 0.0228. The van der Waals surface area contributed by atoms with Crippen LogP contribution in [0.5, 0.6) is 5.75 Å². The summed E-state index contributed by atoms with van der Waals surface area (Å²) in [7, 11) is 0. The van der Waals surface area contributed by atoms with Crippen LogP contribution in [-0.2, 0) is 33.4 Å². The van der Waals surface area contributed by atoms with E-state index in [1.54, 1.807) is 18.2 Å². The summed E-state index contributed by atoms with van der Waals surface area (Å²) in [4.78, 5) is 74.3. The van der Waals surface area contributed by atoms with Crippen molar-refractivity contribution < 1.29 is 48.1 Å². The molecule has 0 saturated heterocycles. The van der Waals surface area contributed by atoms with Crippen molar-refractivity contribution in [3.63, 3.8) is 0 Å². The number of carbonyl (C=O) groups is 6. The molecule has 1 aromatic rings. The number of benzene rings is 1. The Morgan fingerprint density at radius 3 is 2.06 bits per heavy atom. The molecule has 2 N–H and O–H groups in total. The van der Waals surface area contributed by atoms with Gasteiger partial charge in [-0.05, 0) is 82.4 Å². The lowest BCUT2D eigenvalue weighted by Gasteiger charge is -2.20. The molecular formula is C41H49NO10. The Labute approximate surface area is 305 Å². The summed E-state index contributed by atoms with van der Waals surface area (Å²) in [6.07, 6.45) is 29.3. The molecular weight excluding hydrogens is 666 g/mol. The van der Waals surface area contributed by atoms with Crippen LogP contribution < -0.4 is 10.1 Å². The monoisotopic (exact) mass is 715 g/mol. The number of para-hydroxylation sites is 1. The Morgan fingerprint density at radius 1 is 0.827 bits per heavy atom. The summed E-state index contributed by atoms with van der Waals surface area (Å²) in [5.41, 5.74) is -0.0240. The molecule has 1 amide bonds. The molecule has 11 heteroatoms. The Bertz CT molecular complexity index is 1590. The third kappa shape index (κ3) is 17.9. The molecule has 278 valence electrons. The first-order valence-corrected chi connectivity index (χ1v) is 17.5. The number of carbonyl (C=O) groups excluding carboxylic acids is 5. The number of hydrogen-bond acceptors (Lipinski definition) is 9. The number of unbranched alkanes of at least 4 members (excludes halogenated alkanes) is 1. The van der Waals surface area contributed by atoms with Crippen LogP contribution in [0.25, 0.3) is 0 Å². The maximum Gasteiger partial charge on any atom is 0.347 e. The van der Waals surface area contributed by atoms with Crippen molar-refractivity contribution in [1.82, 2.24) is 5.32 Å². The predicted molar refractivity (Wildman–Crippen MR) is 197 cm³/mol. The van der Waals surface area contributed by atoms with Crippen LogP contribution in [0.3, 0.4) is 0 Å². The second kappa shape index (κ2) is 25.4. The molecule has 0 fully saturated rings. The molecule has 0 saturated carbocycles. The quantitative estimate of drug-likeness (QED) is 0.0400. The van der Waals surface area contributed by atoms with Gasteiger partial charge in [-0.3, -0.25) is 19.2 Å². The third-order valence-electron chi connectivity index (χ3n) is 7.33. The molecule has 1 aromatic carbocycles. The van der Waals surface area contributed by atoms with Crippen LogP contribution in [0, 0.1) is 0 Å². The lowest BCUT2D eigenvalue weighted by atomic mass is 10.0. The van der Waals surface area contributed by atoms with Gasteiger partial charge in [0.15, 0.2) is 0 Å². The highest BCUT2D eigenvalue weighted by molar-refractivity contribution is 6.00. The summed E-state index contributed by atoms with van der Waals surface area (Å²) in [6.45, 7) is 3.30. The fourth-order valence-corrected chi connectivity index (χ4v) is 4.73. The van der Waals surface area contributed by atoms with Crippen molar-refractivity contribution in [2.75, 3.05) is 0 Å². The average molecular weight is 716 g/mol. The molecule has 1 aliphatic carbocycles. The largest absolute Gasteiger partial charge is 0.481 e. The van der Waals surface area contributed by atoms with Gasteiger partial charge >= 0.3 is 29.8 Å². The number of allylic oxidation sites excluding steroid dienone is 12. The summed E-state index contributed by atoms with van der Waals surface area (Å²) >= 11 is 0. The van der Waals surface area contributed by atoms with Crippen LogP contribution in [0.4, 0.5) is 0 Å². The number of carboxylic acids is 1. The Morgan fingerprint density at radius 2 is 1.44 bits per heavy atom. The molecule has 0 aliphatic heterocycles. The fraction of sp³-hybridized carbons (Fsp3) is 0.366. The number of amides is 1. The minimum atomic E-state index is -1.45. The van der Waals surface area contributed by atoms with Gasteiger partial charge in [0, 0.05) is 19.8 Å². The molecule has 0 heterocycles. The van der Waals surface area contributed by atoms with Gasteiger partial charge in [-0.25, -0.2) is 9.59 Å². The van der Waals surface area contributed by atoms with Crippen LogP contribution in [0.1, 0.15) is 101 Å². The van der Waals surface area contributed by atoms with E-state index in [0.29, 0.717) is 19.3 Å². The highest BCUT2D eigenvalue weighted by Gasteiger charge is 2.29. The van der Waals surface area contributed by atoms with E-state index in [1.165, 1.54) is 25.1 Å². The van der Waals surface area contributed by atoms with Gasteiger partial charge in [-0.1, -0.05) is 85.9 Å². The van der Waals surface area contributed by atoms with E-state index in [0.717, 1.165) is 32.1 Å². The molecule has 11 nitrogen and oxygen atoms in total. The van der Waals surface area contributed by atoms with Crippen molar-refractivity contribution in [3.8, 4) is 5.75 Å². The van der Waals surface area contributed by atoms with Crippen molar-refractivity contribution in [1.29, 1.82) is 0 Å². The van der Waals surface area contributed by atoms with E-state index >= 15 is 0 Å². The van der Waals surface area contributed by atoms with Gasteiger partial charge in [0.1, 0.15) is 23.1 Å². The van der Waals surface area contributed by atoms with Gasteiger partial charge in [0.05, 0.1) is 5.57 Å². The van der Waals surface area contributed by atoms with Gasteiger partial charge in [0.2, 0.25) is 0 Å². The zero-order chi connectivity index (χ0) is 38.0. The number of rotatable bonds is 22. The molecule has 1 atom stereocenters. The highest BCUT2D eigenvalue weighted by atomic mass is 16.6. The second-order valence-corrected chi connectivity index (χ2v) is 11.6. The lowest BCUT2D eigenvalue weighted by molar-refractivity contribution is -0.162. The predicted octanol–water partition coefficient (Wildman–Crippen LogP) is 7.71. The van der Waals surface area contributed by atoms with Crippen molar-refractivity contribution in [2.24, 2.45) is 0 Å². The summed E-state index contributed by atoms with van der Waals surface area (Å²) in [6, 6.07) is 4.49. The molecule has 1 unspecified atom stereocenters. The molecule has 52 heavy (non-hydrogen) atoms. The highest BCUT2D eigenvalue weighted by Crippen LogP contribution is 2.25. The maximum absolute atomic E-state index is 13.3. The summed E-state index contributed by atoms with van der Waals surface area (Å²) in [5.74, 6) is -5.54. The summed E-state index contributed by atoms with van der Waals surface area (Å²) in [5, 5.41) is 11.6. The van der Waals surface area contributed by atoms with Crippen molar-refractivity contribution in [3.05, 3.63) is 114 Å². The van der Waals surface area contributed by atoms with E-state index in [2.05, 4.69) is 60.8 Å². The molecule has 0 radical (unpaired) electrons. The minimum Gasteiger partial charge on any atom is -0.481 e.